The molecule has 0 saturated heterocycles. The SMILES string of the molecule is CCNC(c1c(F)cccc1OC)c1nccn1C. The summed E-state index contributed by atoms with van der Waals surface area (Å²) in [7, 11) is 3.43. The highest BCUT2D eigenvalue weighted by Gasteiger charge is 2.24. The van der Waals surface area contributed by atoms with E-state index in [0.717, 1.165) is 5.82 Å². The Morgan fingerprint density at radius 2 is 2.26 bits per heavy atom. The number of nitrogens with zero attached hydrogens (tertiary/aromatic N) is 2. The normalized spacial score (nSPS) is 12.4. The summed E-state index contributed by atoms with van der Waals surface area (Å²) in [6.45, 7) is 2.68. The summed E-state index contributed by atoms with van der Waals surface area (Å²) < 4.78 is 21.3. The summed E-state index contributed by atoms with van der Waals surface area (Å²) in [6.07, 6.45) is 3.54. The van der Waals surface area contributed by atoms with Crippen molar-refractivity contribution in [1.82, 2.24) is 14.9 Å². The van der Waals surface area contributed by atoms with E-state index in [-0.39, 0.29) is 11.9 Å². The first-order chi connectivity index (χ1) is 9.19. The topological polar surface area (TPSA) is 39.1 Å². The Hall–Kier alpha value is -1.88. The number of aryl methyl sites for hydroxylation is 1. The summed E-state index contributed by atoms with van der Waals surface area (Å²) in [4.78, 5) is 4.31. The molecule has 2 rings (SSSR count). The lowest BCUT2D eigenvalue weighted by Gasteiger charge is -2.21. The standard InChI is InChI=1S/C14H18FN3O/c1-4-16-13(14-17-8-9-18(14)2)12-10(15)6-5-7-11(12)19-3/h5-9,13,16H,4H2,1-3H3. The molecular formula is C14H18FN3O. The van der Waals surface area contributed by atoms with Crippen molar-refractivity contribution in [2.75, 3.05) is 13.7 Å². The van der Waals surface area contributed by atoms with Gasteiger partial charge in [0.05, 0.1) is 18.7 Å². The first kappa shape index (κ1) is 13.5. The number of benzene rings is 1. The summed E-state index contributed by atoms with van der Waals surface area (Å²) in [5.74, 6) is 0.979. The van der Waals surface area contributed by atoms with Crippen molar-refractivity contribution < 1.29 is 9.13 Å². The molecule has 1 heterocycles. The molecule has 0 aliphatic rings. The van der Waals surface area contributed by atoms with Crippen LogP contribution in [-0.2, 0) is 7.05 Å². The quantitative estimate of drug-likeness (QED) is 0.899. The predicted molar refractivity (Wildman–Crippen MR) is 71.7 cm³/mol. The molecule has 0 aliphatic heterocycles. The Kier molecular flexibility index (Phi) is 4.16. The molecule has 1 N–H and O–H groups in total. The van der Waals surface area contributed by atoms with Gasteiger partial charge in [-0.15, -0.1) is 0 Å². The molecular weight excluding hydrogens is 245 g/mol. The van der Waals surface area contributed by atoms with Crippen molar-refractivity contribution >= 4 is 0 Å². The van der Waals surface area contributed by atoms with Gasteiger partial charge in [-0.1, -0.05) is 13.0 Å². The van der Waals surface area contributed by atoms with Crippen LogP contribution in [0, 0.1) is 5.82 Å². The van der Waals surface area contributed by atoms with E-state index in [1.165, 1.54) is 6.07 Å². The minimum absolute atomic E-state index is 0.298. The Labute approximate surface area is 112 Å². The fourth-order valence-electron chi connectivity index (χ4n) is 2.16. The van der Waals surface area contributed by atoms with E-state index in [0.29, 0.717) is 17.9 Å². The first-order valence-corrected chi connectivity index (χ1v) is 6.22. The number of ether oxygens (including phenoxy) is 1. The van der Waals surface area contributed by atoms with Crippen LogP contribution in [0.2, 0.25) is 0 Å². The molecule has 0 fully saturated rings. The lowest BCUT2D eigenvalue weighted by atomic mass is 10.0. The Bertz CT molecular complexity index is 553. The number of hydrogen-bond donors (Lipinski definition) is 1. The lowest BCUT2D eigenvalue weighted by Crippen LogP contribution is -2.26. The number of rotatable bonds is 5. The highest BCUT2D eigenvalue weighted by molar-refractivity contribution is 5.40. The smallest absolute Gasteiger partial charge is 0.132 e. The maximum absolute atomic E-state index is 14.2. The number of methoxy groups -OCH3 is 1. The summed E-state index contributed by atoms with van der Waals surface area (Å²) >= 11 is 0. The van der Waals surface area contributed by atoms with Gasteiger partial charge in [-0.25, -0.2) is 9.37 Å². The highest BCUT2D eigenvalue weighted by atomic mass is 19.1. The third-order valence-corrected chi connectivity index (χ3v) is 3.05. The number of nitrogens with one attached hydrogen (secondary N) is 1. The van der Waals surface area contributed by atoms with Crippen LogP contribution in [0.1, 0.15) is 24.4 Å². The van der Waals surface area contributed by atoms with E-state index in [4.69, 9.17) is 4.74 Å². The van der Waals surface area contributed by atoms with Crippen LogP contribution in [0.3, 0.4) is 0 Å². The molecule has 1 atom stereocenters. The fraction of sp³-hybridized carbons (Fsp3) is 0.357. The van der Waals surface area contributed by atoms with E-state index in [9.17, 15) is 4.39 Å². The highest BCUT2D eigenvalue weighted by Crippen LogP contribution is 2.31. The van der Waals surface area contributed by atoms with Crippen molar-refractivity contribution in [3.05, 3.63) is 47.8 Å². The minimum Gasteiger partial charge on any atom is -0.496 e. The van der Waals surface area contributed by atoms with Crippen LogP contribution in [0.5, 0.6) is 5.75 Å². The molecule has 5 heteroatoms. The molecule has 0 saturated carbocycles. The molecule has 4 nitrogen and oxygen atoms in total. The van der Waals surface area contributed by atoms with Crippen molar-refractivity contribution in [3.8, 4) is 5.75 Å². The molecule has 0 spiro atoms. The zero-order chi connectivity index (χ0) is 13.8. The zero-order valence-corrected chi connectivity index (χ0v) is 11.4. The van der Waals surface area contributed by atoms with E-state index < -0.39 is 0 Å². The van der Waals surface area contributed by atoms with Crippen LogP contribution in [0.15, 0.2) is 30.6 Å². The van der Waals surface area contributed by atoms with Gasteiger partial charge >= 0.3 is 0 Å². The van der Waals surface area contributed by atoms with Gasteiger partial charge in [-0.2, -0.15) is 0 Å². The summed E-state index contributed by atoms with van der Waals surface area (Å²) in [6, 6.07) is 4.50. The Morgan fingerprint density at radius 3 is 2.84 bits per heavy atom. The van der Waals surface area contributed by atoms with Gasteiger partial charge in [0.25, 0.3) is 0 Å². The van der Waals surface area contributed by atoms with Gasteiger partial charge in [0.1, 0.15) is 17.4 Å². The third kappa shape index (κ3) is 2.61. The number of hydrogen-bond acceptors (Lipinski definition) is 3. The Morgan fingerprint density at radius 1 is 1.47 bits per heavy atom. The van der Waals surface area contributed by atoms with E-state index in [1.807, 2.05) is 24.7 Å². The van der Waals surface area contributed by atoms with Crippen LogP contribution < -0.4 is 10.1 Å². The Balaban J connectivity index is 2.54. The number of aromatic nitrogens is 2. The minimum atomic E-state index is -0.332. The second-order valence-electron chi connectivity index (χ2n) is 4.24. The third-order valence-electron chi connectivity index (χ3n) is 3.05. The molecule has 0 bridgehead atoms. The maximum atomic E-state index is 14.2. The molecule has 102 valence electrons. The van der Waals surface area contributed by atoms with Crippen LogP contribution in [0.4, 0.5) is 4.39 Å². The van der Waals surface area contributed by atoms with E-state index >= 15 is 0 Å². The predicted octanol–water partition coefficient (Wildman–Crippen LogP) is 2.27. The molecule has 2 aromatic rings. The largest absolute Gasteiger partial charge is 0.496 e. The molecule has 1 unspecified atom stereocenters. The van der Waals surface area contributed by atoms with Crippen molar-refractivity contribution in [2.45, 2.75) is 13.0 Å². The van der Waals surface area contributed by atoms with E-state index in [1.54, 1.807) is 25.4 Å². The van der Waals surface area contributed by atoms with Gasteiger partial charge < -0.3 is 14.6 Å². The van der Waals surface area contributed by atoms with Gasteiger partial charge in [0.15, 0.2) is 0 Å². The van der Waals surface area contributed by atoms with Crippen LogP contribution in [0.25, 0.3) is 0 Å². The maximum Gasteiger partial charge on any atom is 0.132 e. The molecule has 0 amide bonds. The van der Waals surface area contributed by atoms with Crippen molar-refractivity contribution in [3.63, 3.8) is 0 Å². The lowest BCUT2D eigenvalue weighted by molar-refractivity contribution is 0.395. The molecule has 1 aromatic carbocycles. The van der Waals surface area contributed by atoms with Gasteiger partial charge in [-0.05, 0) is 18.7 Å². The first-order valence-electron chi connectivity index (χ1n) is 6.22. The van der Waals surface area contributed by atoms with Gasteiger partial charge in [0, 0.05) is 19.4 Å². The average Bonchev–Trinajstić information content (AvgIpc) is 2.82. The zero-order valence-electron chi connectivity index (χ0n) is 11.4. The average molecular weight is 263 g/mol. The van der Waals surface area contributed by atoms with Gasteiger partial charge in [-0.3, -0.25) is 0 Å². The van der Waals surface area contributed by atoms with Crippen molar-refractivity contribution in [1.29, 1.82) is 0 Å². The second-order valence-corrected chi connectivity index (χ2v) is 4.24. The summed E-state index contributed by atoms with van der Waals surface area (Å²) in [5.41, 5.74) is 0.487. The van der Waals surface area contributed by atoms with Crippen LogP contribution in [-0.4, -0.2) is 23.2 Å². The van der Waals surface area contributed by atoms with E-state index in [2.05, 4.69) is 10.3 Å². The molecule has 0 aliphatic carbocycles. The van der Waals surface area contributed by atoms with Crippen LogP contribution >= 0.6 is 0 Å². The monoisotopic (exact) mass is 263 g/mol. The second kappa shape index (κ2) is 5.84. The molecule has 1 aromatic heterocycles. The summed E-state index contributed by atoms with van der Waals surface area (Å²) in [5, 5.41) is 3.25. The van der Waals surface area contributed by atoms with Crippen molar-refractivity contribution in [2.24, 2.45) is 7.05 Å². The number of imidazole rings is 1. The van der Waals surface area contributed by atoms with Gasteiger partial charge in [0.2, 0.25) is 0 Å². The number of halogens is 1. The molecule has 0 radical (unpaired) electrons. The fourth-order valence-corrected chi connectivity index (χ4v) is 2.16. The molecule has 19 heavy (non-hydrogen) atoms.